The average molecular weight is 1140 g/mol. The smallest absolute Gasteiger partial charge is 0.169 e. The molecule has 12 rings (SSSR count). The van der Waals surface area contributed by atoms with Crippen LogP contribution in [0.2, 0.25) is 0 Å². The standard InChI is InChI=1S/C49H70N18O14/c50-62-56-26-21-28(58-64-52)36-42(80-48(76-36)17-9-3-10-18-48)34(26)74-44-32(60-66-54)40(38-30(72-44)23-70-46(78-38)13-5-1-6-14-46)68-25-69-41-33(61-67-55)45(73-31-24-71-47(79-39(31)41)15-7-2-8-16-47)75-35-27(57-63-51)22-29(59-65-53)37-43(35)81-49(77-37)19-11-4-12-20-49/h26-45H,1-25H2/t26?,27?,28-,29-,30?,31?,32?,33?,34+,35+,36?,37?,38+,39+,40-,41-,42+,43+,44+,45+/m1/s1. The maximum absolute atomic E-state index is 10.4. The zero-order chi connectivity index (χ0) is 55.6. The number of ether oxygens (including phenoxy) is 14. The highest BCUT2D eigenvalue weighted by Crippen LogP contribution is 2.51. The fraction of sp³-hybridized carbons (Fsp3) is 1.00. The van der Waals surface area contributed by atoms with E-state index in [0.29, 0.717) is 51.4 Å². The predicted molar refractivity (Wildman–Crippen MR) is 273 cm³/mol. The van der Waals surface area contributed by atoms with Gasteiger partial charge in [0.05, 0.1) is 61.8 Å². The summed E-state index contributed by atoms with van der Waals surface area (Å²) in [5.41, 5.74) is 59.9. The first-order valence-electron chi connectivity index (χ1n) is 29.1. The summed E-state index contributed by atoms with van der Waals surface area (Å²) in [6.07, 6.45) is 1.80. The number of hydrogen-bond acceptors (Lipinski definition) is 20. The molecule has 8 unspecified atom stereocenters. The SMILES string of the molecule is [N-]=[N+]=NC1[C@H](O[C@H]2C(N=[N+]=[N-])C[C@@H](N=[N+]=[N-])C3OC4(CCCCC4)O[C@H]32)OC2COC3(CCCCC3)O[C@@H]2[C@@H]1OCO[C@@H]1C(N=[N+]=[N-])[C@H](O[C@H]2C(N=[N+]=[N-])C[C@@H](N=[N+]=[N-])C3OC4(CCCCC4)O[C@H]32)OC2COC3(CCCCC3)O[C@@H]21. The first-order chi connectivity index (χ1) is 39.7. The van der Waals surface area contributed by atoms with E-state index in [1.54, 1.807) is 0 Å². The molecule has 6 heterocycles. The summed E-state index contributed by atoms with van der Waals surface area (Å²) in [4.78, 5) is 19.1. The maximum atomic E-state index is 10.4. The van der Waals surface area contributed by atoms with E-state index in [9.17, 15) is 33.2 Å². The molecular weight excluding hydrogens is 1060 g/mol. The third-order valence-corrected chi connectivity index (χ3v) is 18.9. The minimum absolute atomic E-state index is 0.0589. The van der Waals surface area contributed by atoms with Gasteiger partial charge in [0.1, 0.15) is 67.7 Å². The molecule has 0 N–H and O–H groups in total. The lowest BCUT2D eigenvalue weighted by Gasteiger charge is -2.54. The van der Waals surface area contributed by atoms with Gasteiger partial charge in [-0.2, -0.15) is 0 Å². The summed E-state index contributed by atoms with van der Waals surface area (Å²) in [6.45, 7) is -0.414. The quantitative estimate of drug-likeness (QED) is 0.0676. The second-order valence-electron chi connectivity index (χ2n) is 23.6. The summed E-state index contributed by atoms with van der Waals surface area (Å²) in [5, 5.41) is 24.9. The molecule has 12 fully saturated rings. The largest absolute Gasteiger partial charge is 0.349 e. The second-order valence-corrected chi connectivity index (χ2v) is 23.6. The monoisotopic (exact) mass is 1130 g/mol. The van der Waals surface area contributed by atoms with Gasteiger partial charge in [0.25, 0.3) is 0 Å². The van der Waals surface area contributed by atoms with Crippen molar-refractivity contribution in [1.82, 2.24) is 0 Å². The molecule has 6 aliphatic heterocycles. The van der Waals surface area contributed by atoms with Gasteiger partial charge in [0.15, 0.2) is 35.7 Å². The van der Waals surface area contributed by atoms with Gasteiger partial charge in [-0.25, -0.2) is 0 Å². The molecule has 0 aromatic heterocycles. The normalized spacial score (nSPS) is 43.3. The number of fused-ring (bicyclic) bond motifs is 4. The van der Waals surface area contributed by atoms with Crippen molar-refractivity contribution < 1.29 is 66.3 Å². The number of nitrogens with zero attached hydrogens (tertiary/aromatic N) is 18. The van der Waals surface area contributed by atoms with Crippen LogP contribution in [-0.2, 0) is 66.3 Å². The summed E-state index contributed by atoms with van der Waals surface area (Å²) in [7, 11) is 0. The number of hydrogen-bond donors (Lipinski definition) is 0. The van der Waals surface area contributed by atoms with Gasteiger partial charge in [-0.05, 0) is 97.4 Å². The third-order valence-electron chi connectivity index (χ3n) is 18.9. The molecule has 0 amide bonds. The Morgan fingerprint density at radius 3 is 1.04 bits per heavy atom. The molecule has 81 heavy (non-hydrogen) atoms. The third kappa shape index (κ3) is 11.3. The van der Waals surface area contributed by atoms with Gasteiger partial charge in [-0.1, -0.05) is 56.4 Å². The van der Waals surface area contributed by atoms with Crippen molar-refractivity contribution in [3.63, 3.8) is 0 Å². The van der Waals surface area contributed by atoms with Crippen LogP contribution in [0.5, 0.6) is 0 Å². The average Bonchev–Trinajstić information content (AvgIpc) is 4.30. The van der Waals surface area contributed by atoms with Gasteiger partial charge in [0.2, 0.25) is 0 Å². The highest BCUT2D eigenvalue weighted by atomic mass is 16.8. The van der Waals surface area contributed by atoms with Gasteiger partial charge in [-0.15, -0.1) is 0 Å². The van der Waals surface area contributed by atoms with Crippen LogP contribution in [0.1, 0.15) is 141 Å². The second kappa shape index (κ2) is 24.5. The first-order valence-corrected chi connectivity index (χ1v) is 29.1. The van der Waals surface area contributed by atoms with E-state index in [0.717, 1.165) is 77.0 Å². The van der Waals surface area contributed by atoms with Gasteiger partial charge in [0, 0.05) is 80.8 Å². The van der Waals surface area contributed by atoms with E-state index in [-0.39, 0.29) is 26.1 Å². The van der Waals surface area contributed by atoms with Gasteiger partial charge >= 0.3 is 0 Å². The minimum Gasteiger partial charge on any atom is -0.349 e. The minimum atomic E-state index is -1.38. The van der Waals surface area contributed by atoms with Crippen molar-refractivity contribution in [3.8, 4) is 0 Å². The molecule has 6 saturated heterocycles. The van der Waals surface area contributed by atoms with E-state index in [4.69, 9.17) is 66.3 Å². The van der Waals surface area contributed by atoms with Gasteiger partial charge < -0.3 is 66.3 Å². The van der Waals surface area contributed by atoms with Crippen LogP contribution in [0, 0.1) is 0 Å². The van der Waals surface area contributed by atoms with E-state index in [1.165, 1.54) is 0 Å². The zero-order valence-corrected chi connectivity index (χ0v) is 45.0. The Hall–Kier alpha value is -4.70. The molecule has 6 aliphatic carbocycles. The molecule has 12 aliphatic rings. The lowest BCUT2D eigenvalue weighted by Crippen LogP contribution is -2.68. The highest BCUT2D eigenvalue weighted by molar-refractivity contribution is 5.11. The van der Waals surface area contributed by atoms with E-state index in [2.05, 4.69) is 60.2 Å². The van der Waals surface area contributed by atoms with Crippen LogP contribution in [0.25, 0.3) is 62.7 Å². The first kappa shape index (κ1) is 56.8. The molecule has 0 radical (unpaired) electrons. The molecule has 32 nitrogen and oxygen atoms in total. The molecule has 6 saturated carbocycles. The number of rotatable bonds is 14. The fourth-order valence-electron chi connectivity index (χ4n) is 15.1. The molecular formula is C49H70N18O14. The molecule has 0 aromatic rings. The van der Waals surface area contributed by atoms with E-state index < -0.39 is 152 Å². The number of azide groups is 6. The summed E-state index contributed by atoms with van der Waals surface area (Å²) in [5.74, 6) is -3.90. The molecule has 32 heteroatoms. The van der Waals surface area contributed by atoms with Crippen molar-refractivity contribution in [2.24, 2.45) is 30.7 Å². The Balaban J connectivity index is 0.856. The molecule has 20 atom stereocenters. The van der Waals surface area contributed by atoms with Crippen molar-refractivity contribution in [1.29, 1.82) is 0 Å². The van der Waals surface area contributed by atoms with Crippen LogP contribution >= 0.6 is 0 Å². The summed E-state index contributed by atoms with van der Waals surface area (Å²) < 4.78 is 94.8. The Morgan fingerprint density at radius 1 is 0.358 bits per heavy atom. The van der Waals surface area contributed by atoms with Crippen molar-refractivity contribution >= 4 is 0 Å². The lowest BCUT2D eigenvalue weighted by atomic mass is 9.84. The topological polar surface area (TPSA) is 422 Å². The van der Waals surface area contributed by atoms with Crippen molar-refractivity contribution in [3.05, 3.63) is 62.7 Å². The van der Waals surface area contributed by atoms with Crippen molar-refractivity contribution in [2.45, 2.75) is 286 Å². The Bertz CT molecular complexity index is 2380. The van der Waals surface area contributed by atoms with Crippen LogP contribution in [0.4, 0.5) is 0 Å². The van der Waals surface area contributed by atoms with Crippen LogP contribution in [-0.4, -0.2) is 165 Å². The zero-order valence-electron chi connectivity index (χ0n) is 45.0. The Morgan fingerprint density at radius 2 is 0.679 bits per heavy atom. The Labute approximate surface area is 465 Å². The predicted octanol–water partition coefficient (Wildman–Crippen LogP) is 9.86. The van der Waals surface area contributed by atoms with Crippen LogP contribution in [0.3, 0.4) is 0 Å². The van der Waals surface area contributed by atoms with Crippen molar-refractivity contribution in [2.75, 3.05) is 20.0 Å². The maximum Gasteiger partial charge on any atom is 0.169 e. The fourth-order valence-corrected chi connectivity index (χ4v) is 15.1. The Kier molecular flexibility index (Phi) is 17.2. The summed E-state index contributed by atoms with van der Waals surface area (Å²) >= 11 is 0. The van der Waals surface area contributed by atoms with Crippen LogP contribution in [0.15, 0.2) is 30.7 Å². The molecule has 440 valence electrons. The lowest BCUT2D eigenvalue weighted by molar-refractivity contribution is -0.403. The summed E-state index contributed by atoms with van der Waals surface area (Å²) in [6, 6.07) is -5.95. The molecule has 4 spiro atoms. The van der Waals surface area contributed by atoms with E-state index in [1.807, 2.05) is 0 Å². The van der Waals surface area contributed by atoms with Gasteiger partial charge in [-0.3, -0.25) is 0 Å². The molecule has 0 bridgehead atoms. The van der Waals surface area contributed by atoms with Crippen LogP contribution < -0.4 is 0 Å². The molecule has 0 aromatic carbocycles. The highest BCUT2D eigenvalue weighted by Gasteiger charge is 2.63. The van der Waals surface area contributed by atoms with E-state index >= 15 is 0 Å².